The van der Waals surface area contributed by atoms with E-state index >= 15 is 0 Å². The van der Waals surface area contributed by atoms with Crippen molar-refractivity contribution in [3.05, 3.63) is 35.4 Å². The molecule has 1 fully saturated rings. The third-order valence-corrected chi connectivity index (χ3v) is 4.10. The molecule has 5 nitrogen and oxygen atoms in total. The number of carbonyl (C=O) groups excluding carboxylic acids is 1. The average Bonchev–Trinajstić information content (AvgIpc) is 2.96. The zero-order chi connectivity index (χ0) is 15.9. The molecule has 2 atom stereocenters. The first-order valence-electron chi connectivity index (χ1n) is 7.48. The van der Waals surface area contributed by atoms with Crippen LogP contribution in [-0.2, 0) is 20.7 Å². The minimum atomic E-state index is 0.0963. The van der Waals surface area contributed by atoms with Gasteiger partial charge in [0.2, 0.25) is 5.91 Å². The average molecular weight is 302 g/mol. The first kappa shape index (κ1) is 16.5. The number of nitrogens with zero attached hydrogens (tertiary/aromatic N) is 2. The summed E-state index contributed by atoms with van der Waals surface area (Å²) in [6, 6.07) is 9.56. The van der Waals surface area contributed by atoms with Gasteiger partial charge in [-0.3, -0.25) is 4.79 Å². The lowest BCUT2D eigenvalue weighted by Crippen LogP contribution is -2.38. The number of methoxy groups -OCH3 is 2. The molecule has 0 radical (unpaired) electrons. The summed E-state index contributed by atoms with van der Waals surface area (Å²) >= 11 is 0. The SMILES string of the molecule is COC[C@@H]1C[C@H](OC)CN1C(=O)CCc1ccc(C#N)cc1. The van der Waals surface area contributed by atoms with Crippen LogP contribution < -0.4 is 0 Å². The van der Waals surface area contributed by atoms with E-state index in [-0.39, 0.29) is 18.1 Å². The monoisotopic (exact) mass is 302 g/mol. The van der Waals surface area contributed by atoms with Crippen molar-refractivity contribution in [2.75, 3.05) is 27.4 Å². The normalized spacial score (nSPS) is 20.9. The van der Waals surface area contributed by atoms with Crippen LogP contribution >= 0.6 is 0 Å². The molecule has 0 aliphatic carbocycles. The Labute approximate surface area is 131 Å². The lowest BCUT2D eigenvalue weighted by Gasteiger charge is -2.23. The summed E-state index contributed by atoms with van der Waals surface area (Å²) in [5, 5.41) is 8.78. The predicted octanol–water partition coefficient (Wildman–Crippen LogP) is 1.75. The molecule has 1 aliphatic heterocycles. The number of aryl methyl sites for hydroxylation is 1. The van der Waals surface area contributed by atoms with Gasteiger partial charge in [0.25, 0.3) is 0 Å². The van der Waals surface area contributed by atoms with E-state index in [1.165, 1.54) is 0 Å². The highest BCUT2D eigenvalue weighted by Crippen LogP contribution is 2.21. The van der Waals surface area contributed by atoms with Gasteiger partial charge in [0.15, 0.2) is 0 Å². The smallest absolute Gasteiger partial charge is 0.223 e. The van der Waals surface area contributed by atoms with Crippen molar-refractivity contribution in [2.24, 2.45) is 0 Å². The Morgan fingerprint density at radius 2 is 2.09 bits per heavy atom. The van der Waals surface area contributed by atoms with E-state index in [4.69, 9.17) is 14.7 Å². The molecule has 22 heavy (non-hydrogen) atoms. The van der Waals surface area contributed by atoms with Gasteiger partial charge in [-0.2, -0.15) is 5.26 Å². The molecule has 118 valence electrons. The van der Waals surface area contributed by atoms with Gasteiger partial charge in [-0.1, -0.05) is 12.1 Å². The summed E-state index contributed by atoms with van der Waals surface area (Å²) in [5.74, 6) is 0.131. The molecule has 0 saturated carbocycles. The third-order valence-electron chi connectivity index (χ3n) is 4.10. The number of hydrogen-bond donors (Lipinski definition) is 0. The molecule has 1 heterocycles. The van der Waals surface area contributed by atoms with Crippen molar-refractivity contribution in [3.8, 4) is 6.07 Å². The summed E-state index contributed by atoms with van der Waals surface area (Å²) < 4.78 is 10.6. The van der Waals surface area contributed by atoms with E-state index in [1.54, 1.807) is 26.4 Å². The molecule has 0 aromatic heterocycles. The van der Waals surface area contributed by atoms with Gasteiger partial charge in [0.1, 0.15) is 0 Å². The second-order valence-electron chi connectivity index (χ2n) is 5.56. The Kier molecular flexibility index (Phi) is 5.93. The molecular formula is C17H22N2O3. The fraction of sp³-hybridized carbons (Fsp3) is 0.529. The lowest BCUT2D eigenvalue weighted by atomic mass is 10.1. The van der Waals surface area contributed by atoms with Gasteiger partial charge < -0.3 is 14.4 Å². The molecule has 1 amide bonds. The van der Waals surface area contributed by atoms with Crippen molar-refractivity contribution in [1.29, 1.82) is 5.26 Å². The first-order chi connectivity index (χ1) is 10.7. The highest BCUT2D eigenvalue weighted by molar-refractivity contribution is 5.77. The molecule has 2 rings (SSSR count). The Bertz CT molecular complexity index is 536. The largest absolute Gasteiger partial charge is 0.383 e. The molecule has 1 aliphatic rings. The van der Waals surface area contributed by atoms with E-state index < -0.39 is 0 Å². The molecule has 0 unspecified atom stereocenters. The summed E-state index contributed by atoms with van der Waals surface area (Å²) in [6.07, 6.45) is 2.06. The third kappa shape index (κ3) is 4.06. The fourth-order valence-electron chi connectivity index (χ4n) is 2.84. The van der Waals surface area contributed by atoms with Crippen LogP contribution in [0, 0.1) is 11.3 Å². The number of ether oxygens (including phenoxy) is 2. The van der Waals surface area contributed by atoms with Crippen LogP contribution in [0.4, 0.5) is 0 Å². The number of rotatable bonds is 6. The fourth-order valence-corrected chi connectivity index (χ4v) is 2.84. The molecule has 0 bridgehead atoms. The number of carbonyl (C=O) groups is 1. The minimum Gasteiger partial charge on any atom is -0.383 e. The van der Waals surface area contributed by atoms with Gasteiger partial charge >= 0.3 is 0 Å². The van der Waals surface area contributed by atoms with Gasteiger partial charge in [-0.05, 0) is 30.5 Å². The first-order valence-corrected chi connectivity index (χ1v) is 7.48. The number of nitriles is 1. The molecule has 1 aromatic carbocycles. The van der Waals surface area contributed by atoms with Crippen LogP contribution in [-0.4, -0.2) is 50.3 Å². The second-order valence-corrected chi connectivity index (χ2v) is 5.56. The van der Waals surface area contributed by atoms with Gasteiger partial charge in [0.05, 0.1) is 30.4 Å². The molecular weight excluding hydrogens is 280 g/mol. The van der Waals surface area contributed by atoms with E-state index in [0.29, 0.717) is 31.6 Å². The van der Waals surface area contributed by atoms with Crippen molar-refractivity contribution >= 4 is 5.91 Å². The Morgan fingerprint density at radius 1 is 1.36 bits per heavy atom. The standard InChI is InChI=1S/C17H22N2O3/c1-21-12-15-9-16(22-2)11-19(15)17(20)8-7-13-3-5-14(10-18)6-4-13/h3-6,15-16H,7-9,11-12H2,1-2H3/t15-,16-/m0/s1. The molecule has 0 spiro atoms. The highest BCUT2D eigenvalue weighted by atomic mass is 16.5. The van der Waals surface area contributed by atoms with E-state index in [9.17, 15) is 4.79 Å². The Morgan fingerprint density at radius 3 is 2.68 bits per heavy atom. The van der Waals surface area contributed by atoms with Crippen molar-refractivity contribution in [3.63, 3.8) is 0 Å². The maximum Gasteiger partial charge on any atom is 0.223 e. The minimum absolute atomic E-state index is 0.0963. The molecule has 0 N–H and O–H groups in total. The van der Waals surface area contributed by atoms with Gasteiger partial charge in [-0.15, -0.1) is 0 Å². The van der Waals surface area contributed by atoms with Gasteiger partial charge in [-0.25, -0.2) is 0 Å². The summed E-state index contributed by atoms with van der Waals surface area (Å²) in [6.45, 7) is 1.18. The molecule has 1 saturated heterocycles. The maximum absolute atomic E-state index is 12.5. The zero-order valence-electron chi connectivity index (χ0n) is 13.1. The van der Waals surface area contributed by atoms with Crippen LogP contribution in [0.25, 0.3) is 0 Å². The number of benzene rings is 1. The van der Waals surface area contributed by atoms with Crippen molar-refractivity contribution in [2.45, 2.75) is 31.4 Å². The van der Waals surface area contributed by atoms with Crippen molar-refractivity contribution in [1.82, 2.24) is 4.90 Å². The van der Waals surface area contributed by atoms with Crippen LogP contribution in [0.15, 0.2) is 24.3 Å². The topological polar surface area (TPSA) is 62.6 Å². The Hall–Kier alpha value is -1.90. The summed E-state index contributed by atoms with van der Waals surface area (Å²) in [7, 11) is 3.33. The molecule has 5 heteroatoms. The Balaban J connectivity index is 1.91. The highest BCUT2D eigenvalue weighted by Gasteiger charge is 2.34. The van der Waals surface area contributed by atoms with Crippen LogP contribution in [0.1, 0.15) is 24.0 Å². The summed E-state index contributed by atoms with van der Waals surface area (Å²) in [4.78, 5) is 14.3. The molecule has 1 aromatic rings. The quantitative estimate of drug-likeness (QED) is 0.803. The van der Waals surface area contributed by atoms with E-state index in [2.05, 4.69) is 6.07 Å². The number of likely N-dealkylation sites (tertiary alicyclic amines) is 1. The maximum atomic E-state index is 12.5. The predicted molar refractivity (Wildman–Crippen MR) is 82.3 cm³/mol. The number of hydrogen-bond acceptors (Lipinski definition) is 4. The second kappa shape index (κ2) is 7.92. The van der Waals surface area contributed by atoms with E-state index in [1.807, 2.05) is 17.0 Å². The van der Waals surface area contributed by atoms with Crippen LogP contribution in [0.2, 0.25) is 0 Å². The summed E-state index contributed by atoms with van der Waals surface area (Å²) in [5.41, 5.74) is 1.70. The van der Waals surface area contributed by atoms with Gasteiger partial charge in [0, 0.05) is 27.2 Å². The van der Waals surface area contributed by atoms with E-state index in [0.717, 1.165) is 12.0 Å². The van der Waals surface area contributed by atoms with Crippen LogP contribution in [0.5, 0.6) is 0 Å². The zero-order valence-corrected chi connectivity index (χ0v) is 13.1. The van der Waals surface area contributed by atoms with Crippen LogP contribution in [0.3, 0.4) is 0 Å². The lowest BCUT2D eigenvalue weighted by molar-refractivity contribution is -0.133. The van der Waals surface area contributed by atoms with Crippen molar-refractivity contribution < 1.29 is 14.3 Å². The number of amides is 1.